The third-order valence-electron chi connectivity index (χ3n) is 3.04. The normalized spacial score (nSPS) is 32.4. The Morgan fingerprint density at radius 1 is 1.14 bits per heavy atom. The molecule has 1 aromatic carbocycles. The monoisotopic (exact) mass is 299 g/mol. The van der Waals surface area contributed by atoms with Crippen LogP contribution in [0.3, 0.4) is 0 Å². The number of non-ortho nitro benzene ring substituents is 1. The van der Waals surface area contributed by atoms with E-state index in [4.69, 9.17) is 9.47 Å². The number of nitrogens with zero attached hydrogens (tertiary/aromatic N) is 1. The molecule has 0 amide bonds. The van der Waals surface area contributed by atoms with Crippen molar-refractivity contribution >= 4 is 12.0 Å². The molecule has 9 nitrogen and oxygen atoms in total. The lowest BCUT2D eigenvalue weighted by Crippen LogP contribution is -2.59. The average Bonchev–Trinajstić information content (AvgIpc) is 2.48. The minimum atomic E-state index is -1.61. The second-order valence-electron chi connectivity index (χ2n) is 4.45. The summed E-state index contributed by atoms with van der Waals surface area (Å²) in [5.41, 5.74) is -0.145. The van der Waals surface area contributed by atoms with Gasteiger partial charge in [0.2, 0.25) is 6.29 Å². The third kappa shape index (κ3) is 3.16. The molecule has 2 unspecified atom stereocenters. The molecule has 0 aromatic heterocycles. The van der Waals surface area contributed by atoms with Gasteiger partial charge in [-0.1, -0.05) is 0 Å². The maximum Gasteiger partial charge on any atom is 0.269 e. The van der Waals surface area contributed by atoms with Gasteiger partial charge in [-0.15, -0.1) is 0 Å². The molecule has 5 atom stereocenters. The van der Waals surface area contributed by atoms with E-state index in [1.165, 1.54) is 24.3 Å². The van der Waals surface area contributed by atoms with Crippen molar-refractivity contribution in [3.8, 4) is 5.75 Å². The molecule has 2 rings (SSSR count). The van der Waals surface area contributed by atoms with E-state index in [9.17, 15) is 30.2 Å². The van der Waals surface area contributed by atoms with Gasteiger partial charge in [-0.3, -0.25) is 10.1 Å². The lowest BCUT2D eigenvalue weighted by Gasteiger charge is -2.38. The summed E-state index contributed by atoms with van der Waals surface area (Å²) in [7, 11) is 0. The second kappa shape index (κ2) is 6.14. The highest BCUT2D eigenvalue weighted by molar-refractivity contribution is 5.57. The van der Waals surface area contributed by atoms with Crippen LogP contribution >= 0.6 is 0 Å². The molecule has 114 valence electrons. The Bertz CT molecular complexity index is 518. The van der Waals surface area contributed by atoms with E-state index in [0.29, 0.717) is 0 Å². The van der Waals surface area contributed by atoms with E-state index in [-0.39, 0.29) is 17.7 Å². The summed E-state index contributed by atoms with van der Waals surface area (Å²) in [6.07, 6.45) is -7.20. The maximum atomic E-state index is 10.7. The average molecular weight is 299 g/mol. The number of carbonyl (C=O) groups is 1. The molecule has 0 radical (unpaired) electrons. The second-order valence-corrected chi connectivity index (χ2v) is 4.45. The number of hydrogen-bond acceptors (Lipinski definition) is 8. The van der Waals surface area contributed by atoms with Crippen LogP contribution in [0, 0.1) is 10.1 Å². The molecule has 1 fully saturated rings. The van der Waals surface area contributed by atoms with Crippen molar-refractivity contribution in [2.75, 3.05) is 0 Å². The summed E-state index contributed by atoms with van der Waals surface area (Å²) in [6, 6.07) is 4.93. The van der Waals surface area contributed by atoms with Crippen LogP contribution in [0.5, 0.6) is 5.75 Å². The lowest BCUT2D eigenvalue weighted by molar-refractivity contribution is -0.384. The number of carbonyl (C=O) groups excluding carboxylic acids is 1. The van der Waals surface area contributed by atoms with E-state index in [2.05, 4.69) is 0 Å². The first-order chi connectivity index (χ1) is 9.93. The molecule has 1 aliphatic rings. The Morgan fingerprint density at radius 2 is 1.76 bits per heavy atom. The Balaban J connectivity index is 2.10. The number of nitro groups is 1. The molecule has 0 spiro atoms. The van der Waals surface area contributed by atoms with Crippen LogP contribution in [0.4, 0.5) is 5.69 Å². The van der Waals surface area contributed by atoms with Crippen LogP contribution in [-0.4, -0.2) is 57.2 Å². The molecule has 0 saturated carbocycles. The summed E-state index contributed by atoms with van der Waals surface area (Å²) in [5.74, 6) is 0.137. The number of ether oxygens (including phenoxy) is 2. The fourth-order valence-electron chi connectivity index (χ4n) is 1.86. The zero-order valence-corrected chi connectivity index (χ0v) is 10.6. The van der Waals surface area contributed by atoms with Gasteiger partial charge < -0.3 is 29.6 Å². The highest BCUT2D eigenvalue weighted by Gasteiger charge is 2.44. The van der Waals surface area contributed by atoms with Crippen molar-refractivity contribution in [1.29, 1.82) is 0 Å². The molecule has 9 heteroatoms. The van der Waals surface area contributed by atoms with Crippen molar-refractivity contribution < 1.29 is 34.5 Å². The number of aliphatic hydroxyl groups is 3. The third-order valence-corrected chi connectivity index (χ3v) is 3.04. The maximum absolute atomic E-state index is 10.7. The van der Waals surface area contributed by atoms with Crippen LogP contribution < -0.4 is 4.74 Å². The van der Waals surface area contributed by atoms with Gasteiger partial charge in [-0.25, -0.2) is 0 Å². The molecule has 21 heavy (non-hydrogen) atoms. The zero-order chi connectivity index (χ0) is 15.6. The topological polar surface area (TPSA) is 139 Å². The number of rotatable bonds is 4. The first-order valence-corrected chi connectivity index (χ1v) is 6.00. The van der Waals surface area contributed by atoms with Crippen molar-refractivity contribution in [2.45, 2.75) is 30.7 Å². The van der Waals surface area contributed by atoms with E-state index in [1.807, 2.05) is 0 Å². The number of hydrogen-bond donors (Lipinski definition) is 3. The van der Waals surface area contributed by atoms with E-state index >= 15 is 0 Å². The van der Waals surface area contributed by atoms with Crippen molar-refractivity contribution in [3.05, 3.63) is 34.4 Å². The molecule has 1 aliphatic heterocycles. The predicted molar refractivity (Wildman–Crippen MR) is 66.5 cm³/mol. The fraction of sp³-hybridized carbons (Fsp3) is 0.417. The van der Waals surface area contributed by atoms with Gasteiger partial charge in [0.15, 0.2) is 6.29 Å². The number of aliphatic hydroxyl groups excluding tert-OH is 3. The number of nitro benzene ring substituents is 1. The summed E-state index contributed by atoms with van der Waals surface area (Å²) in [4.78, 5) is 20.7. The Hall–Kier alpha value is -2.07. The van der Waals surface area contributed by atoms with Crippen LogP contribution in [0.1, 0.15) is 0 Å². The van der Waals surface area contributed by atoms with Gasteiger partial charge in [0.05, 0.1) is 4.92 Å². The van der Waals surface area contributed by atoms with Gasteiger partial charge in [0, 0.05) is 12.1 Å². The molecule has 1 saturated heterocycles. The van der Waals surface area contributed by atoms with E-state index in [1.54, 1.807) is 0 Å². The Kier molecular flexibility index (Phi) is 4.48. The summed E-state index contributed by atoms with van der Waals surface area (Å²) < 4.78 is 10.3. The van der Waals surface area contributed by atoms with Gasteiger partial charge in [0.25, 0.3) is 5.69 Å². The molecule has 0 aliphatic carbocycles. The largest absolute Gasteiger partial charge is 0.462 e. The molecule has 1 heterocycles. The van der Waals surface area contributed by atoms with Gasteiger partial charge in [0.1, 0.15) is 30.2 Å². The number of aldehydes is 1. The smallest absolute Gasteiger partial charge is 0.269 e. The van der Waals surface area contributed by atoms with E-state index < -0.39 is 35.6 Å². The molecular weight excluding hydrogens is 286 g/mol. The molecule has 0 bridgehead atoms. The standard InChI is InChI=1S/C12H13NO8/c14-5-8-9(15)10(16)11(17)12(21-8)20-7-3-1-6(2-4-7)13(18)19/h1-5,8-12,15-17H/t8?,9-,10-,11?,12+/m0/s1. The van der Waals surface area contributed by atoms with Crippen LogP contribution in [0.25, 0.3) is 0 Å². The zero-order valence-electron chi connectivity index (χ0n) is 10.6. The van der Waals surface area contributed by atoms with Crippen LogP contribution in [-0.2, 0) is 9.53 Å². The van der Waals surface area contributed by atoms with Crippen LogP contribution in [0.15, 0.2) is 24.3 Å². The highest BCUT2D eigenvalue weighted by atomic mass is 16.7. The fourth-order valence-corrected chi connectivity index (χ4v) is 1.86. The van der Waals surface area contributed by atoms with Crippen molar-refractivity contribution in [1.82, 2.24) is 0 Å². The molecule has 1 aromatic rings. The first-order valence-electron chi connectivity index (χ1n) is 6.00. The minimum absolute atomic E-state index is 0.137. The number of benzene rings is 1. The van der Waals surface area contributed by atoms with Crippen LogP contribution in [0.2, 0.25) is 0 Å². The van der Waals surface area contributed by atoms with Crippen molar-refractivity contribution in [3.63, 3.8) is 0 Å². The first kappa shape index (κ1) is 15.3. The predicted octanol–water partition coefficient (Wildman–Crippen LogP) is -1.02. The Labute approximate surface area is 118 Å². The summed E-state index contributed by atoms with van der Waals surface area (Å²) in [6.45, 7) is 0. The van der Waals surface area contributed by atoms with E-state index in [0.717, 1.165) is 0 Å². The quantitative estimate of drug-likeness (QED) is 0.364. The summed E-state index contributed by atoms with van der Waals surface area (Å²) in [5, 5.41) is 39.4. The van der Waals surface area contributed by atoms with Gasteiger partial charge in [-0.2, -0.15) is 0 Å². The Morgan fingerprint density at radius 3 is 2.29 bits per heavy atom. The molecular formula is C12H13NO8. The van der Waals surface area contributed by atoms with Gasteiger partial charge in [-0.05, 0) is 12.1 Å². The summed E-state index contributed by atoms with van der Waals surface area (Å²) >= 11 is 0. The molecule has 3 N–H and O–H groups in total. The van der Waals surface area contributed by atoms with Crippen molar-refractivity contribution in [2.24, 2.45) is 0 Å². The lowest BCUT2D eigenvalue weighted by atomic mass is 10.00. The SMILES string of the molecule is O=CC1O[C@@H](Oc2ccc([N+](=O)[O-])cc2)C(O)[C@@H](O)[C@H]1O. The van der Waals surface area contributed by atoms with Gasteiger partial charge >= 0.3 is 0 Å². The highest BCUT2D eigenvalue weighted by Crippen LogP contribution is 2.25. The minimum Gasteiger partial charge on any atom is -0.462 e.